The van der Waals surface area contributed by atoms with Crippen LogP contribution in [-0.2, 0) is 0 Å². The minimum atomic E-state index is 0.667. The quantitative estimate of drug-likeness (QED) is 0.594. The van der Waals surface area contributed by atoms with E-state index in [0.717, 1.165) is 12.5 Å². The zero-order valence-electron chi connectivity index (χ0n) is 11.3. The molecule has 0 radical (unpaired) electrons. The SMILES string of the molecule is CCCCNCCN(CC(C)C)C(C)C. The molecule has 0 aliphatic carbocycles. The molecule has 92 valence electrons. The molecular formula is C13H30N2. The van der Waals surface area contributed by atoms with Crippen LogP contribution in [0.1, 0.15) is 47.5 Å². The van der Waals surface area contributed by atoms with Gasteiger partial charge in [-0.3, -0.25) is 4.90 Å². The lowest BCUT2D eigenvalue weighted by Crippen LogP contribution is -2.39. The summed E-state index contributed by atoms with van der Waals surface area (Å²) < 4.78 is 0. The third kappa shape index (κ3) is 8.88. The Morgan fingerprint density at radius 3 is 2.20 bits per heavy atom. The maximum absolute atomic E-state index is 3.50. The molecule has 2 nitrogen and oxygen atoms in total. The minimum absolute atomic E-state index is 0.667. The smallest absolute Gasteiger partial charge is 0.0110 e. The molecular weight excluding hydrogens is 184 g/mol. The van der Waals surface area contributed by atoms with Crippen molar-refractivity contribution in [2.24, 2.45) is 5.92 Å². The second-order valence-corrected chi connectivity index (χ2v) is 5.09. The largest absolute Gasteiger partial charge is 0.315 e. The molecule has 0 aliphatic heterocycles. The van der Waals surface area contributed by atoms with E-state index in [1.165, 1.54) is 32.5 Å². The topological polar surface area (TPSA) is 15.3 Å². The summed E-state index contributed by atoms with van der Waals surface area (Å²) in [6.07, 6.45) is 2.58. The predicted molar refractivity (Wildman–Crippen MR) is 69.3 cm³/mol. The van der Waals surface area contributed by atoms with Crippen LogP contribution in [-0.4, -0.2) is 37.1 Å². The van der Waals surface area contributed by atoms with E-state index < -0.39 is 0 Å². The first-order chi connectivity index (χ1) is 7.07. The van der Waals surface area contributed by atoms with E-state index in [-0.39, 0.29) is 0 Å². The Morgan fingerprint density at radius 2 is 1.73 bits per heavy atom. The molecule has 0 amide bonds. The molecule has 0 aliphatic rings. The third-order valence-electron chi connectivity index (χ3n) is 2.61. The first-order valence-corrected chi connectivity index (χ1v) is 6.52. The molecule has 0 saturated carbocycles. The van der Waals surface area contributed by atoms with Gasteiger partial charge in [-0.1, -0.05) is 27.2 Å². The van der Waals surface area contributed by atoms with Crippen molar-refractivity contribution >= 4 is 0 Å². The molecule has 0 aromatic heterocycles. The second-order valence-electron chi connectivity index (χ2n) is 5.09. The molecule has 0 fully saturated rings. The van der Waals surface area contributed by atoms with Crippen molar-refractivity contribution in [3.05, 3.63) is 0 Å². The number of hydrogen-bond donors (Lipinski definition) is 1. The number of hydrogen-bond acceptors (Lipinski definition) is 2. The van der Waals surface area contributed by atoms with Crippen LogP contribution in [0.25, 0.3) is 0 Å². The highest BCUT2D eigenvalue weighted by Crippen LogP contribution is 2.02. The molecule has 0 aromatic rings. The molecule has 0 saturated heterocycles. The molecule has 0 heterocycles. The predicted octanol–water partition coefficient (Wildman–Crippen LogP) is 2.74. The van der Waals surface area contributed by atoms with E-state index in [0.29, 0.717) is 6.04 Å². The average Bonchev–Trinajstić information content (AvgIpc) is 2.15. The molecule has 0 unspecified atom stereocenters. The van der Waals surface area contributed by atoms with Crippen molar-refractivity contribution < 1.29 is 0 Å². The fourth-order valence-corrected chi connectivity index (χ4v) is 1.68. The highest BCUT2D eigenvalue weighted by atomic mass is 15.2. The van der Waals surface area contributed by atoms with Gasteiger partial charge in [-0.15, -0.1) is 0 Å². The summed E-state index contributed by atoms with van der Waals surface area (Å²) >= 11 is 0. The summed E-state index contributed by atoms with van der Waals surface area (Å²) in [5.74, 6) is 0.767. The lowest BCUT2D eigenvalue weighted by molar-refractivity contribution is 0.198. The van der Waals surface area contributed by atoms with Gasteiger partial charge in [-0.05, 0) is 32.7 Å². The lowest BCUT2D eigenvalue weighted by atomic mass is 10.2. The van der Waals surface area contributed by atoms with Crippen LogP contribution in [0.5, 0.6) is 0 Å². The Bertz CT molecular complexity index is 132. The van der Waals surface area contributed by atoms with Crippen LogP contribution in [0.15, 0.2) is 0 Å². The fourth-order valence-electron chi connectivity index (χ4n) is 1.68. The third-order valence-corrected chi connectivity index (χ3v) is 2.61. The van der Waals surface area contributed by atoms with Crippen LogP contribution < -0.4 is 5.32 Å². The number of rotatable bonds is 9. The number of nitrogens with one attached hydrogen (secondary N) is 1. The van der Waals surface area contributed by atoms with Crippen molar-refractivity contribution in [2.75, 3.05) is 26.2 Å². The minimum Gasteiger partial charge on any atom is -0.315 e. The zero-order chi connectivity index (χ0) is 11.7. The molecule has 0 atom stereocenters. The van der Waals surface area contributed by atoms with Crippen LogP contribution in [0.2, 0.25) is 0 Å². The molecule has 15 heavy (non-hydrogen) atoms. The van der Waals surface area contributed by atoms with Crippen LogP contribution in [0.3, 0.4) is 0 Å². The van der Waals surface area contributed by atoms with Crippen molar-refractivity contribution in [1.82, 2.24) is 10.2 Å². The van der Waals surface area contributed by atoms with Crippen molar-refractivity contribution in [3.8, 4) is 0 Å². The molecule has 0 aromatic carbocycles. The molecule has 0 bridgehead atoms. The molecule has 0 spiro atoms. The van der Waals surface area contributed by atoms with Crippen molar-refractivity contribution in [1.29, 1.82) is 0 Å². The van der Waals surface area contributed by atoms with E-state index in [1.807, 2.05) is 0 Å². The van der Waals surface area contributed by atoms with E-state index in [1.54, 1.807) is 0 Å². The summed E-state index contributed by atoms with van der Waals surface area (Å²) in [7, 11) is 0. The Kier molecular flexibility index (Phi) is 9.12. The lowest BCUT2D eigenvalue weighted by Gasteiger charge is -2.28. The van der Waals surface area contributed by atoms with Gasteiger partial charge in [-0.2, -0.15) is 0 Å². The normalized spacial score (nSPS) is 12.0. The average molecular weight is 214 g/mol. The van der Waals surface area contributed by atoms with E-state index >= 15 is 0 Å². The van der Waals surface area contributed by atoms with Gasteiger partial charge in [-0.25, -0.2) is 0 Å². The second kappa shape index (κ2) is 9.17. The Balaban J connectivity index is 3.58. The summed E-state index contributed by atoms with van der Waals surface area (Å²) in [5.41, 5.74) is 0. The maximum Gasteiger partial charge on any atom is 0.0110 e. The van der Waals surface area contributed by atoms with Gasteiger partial charge in [0.2, 0.25) is 0 Å². The van der Waals surface area contributed by atoms with Gasteiger partial charge in [0.05, 0.1) is 0 Å². The van der Waals surface area contributed by atoms with Crippen LogP contribution >= 0.6 is 0 Å². The molecule has 1 N–H and O–H groups in total. The zero-order valence-corrected chi connectivity index (χ0v) is 11.3. The van der Waals surface area contributed by atoms with Gasteiger partial charge in [0, 0.05) is 25.7 Å². The van der Waals surface area contributed by atoms with E-state index in [9.17, 15) is 0 Å². The molecule has 0 rings (SSSR count). The van der Waals surface area contributed by atoms with E-state index in [4.69, 9.17) is 0 Å². The van der Waals surface area contributed by atoms with E-state index in [2.05, 4.69) is 44.8 Å². The standard InChI is InChI=1S/C13H30N2/c1-6-7-8-14-9-10-15(13(4)5)11-12(2)3/h12-14H,6-11H2,1-5H3. The molecule has 2 heteroatoms. The van der Waals surface area contributed by atoms with Gasteiger partial charge >= 0.3 is 0 Å². The van der Waals surface area contributed by atoms with Crippen molar-refractivity contribution in [3.63, 3.8) is 0 Å². The maximum atomic E-state index is 3.50. The first kappa shape index (κ1) is 14.9. The summed E-state index contributed by atoms with van der Waals surface area (Å²) in [5, 5.41) is 3.50. The van der Waals surface area contributed by atoms with Crippen LogP contribution in [0, 0.1) is 5.92 Å². The van der Waals surface area contributed by atoms with Gasteiger partial charge < -0.3 is 5.32 Å². The Labute approximate surface area is 96.4 Å². The highest BCUT2D eigenvalue weighted by Gasteiger charge is 2.09. The van der Waals surface area contributed by atoms with Gasteiger partial charge in [0.15, 0.2) is 0 Å². The first-order valence-electron chi connectivity index (χ1n) is 6.52. The number of unbranched alkanes of at least 4 members (excludes halogenated alkanes) is 1. The van der Waals surface area contributed by atoms with Gasteiger partial charge in [0.1, 0.15) is 0 Å². The van der Waals surface area contributed by atoms with Crippen LogP contribution in [0.4, 0.5) is 0 Å². The fraction of sp³-hybridized carbons (Fsp3) is 1.00. The number of nitrogens with zero attached hydrogens (tertiary/aromatic N) is 1. The Hall–Kier alpha value is -0.0800. The monoisotopic (exact) mass is 214 g/mol. The summed E-state index contributed by atoms with van der Waals surface area (Å²) in [4.78, 5) is 2.56. The summed E-state index contributed by atoms with van der Waals surface area (Å²) in [6.45, 7) is 16.1. The van der Waals surface area contributed by atoms with Gasteiger partial charge in [0.25, 0.3) is 0 Å². The summed E-state index contributed by atoms with van der Waals surface area (Å²) in [6, 6.07) is 0.667. The Morgan fingerprint density at radius 1 is 1.07 bits per heavy atom. The highest BCUT2D eigenvalue weighted by molar-refractivity contribution is 4.65. The van der Waals surface area contributed by atoms with Crippen molar-refractivity contribution in [2.45, 2.75) is 53.5 Å².